The van der Waals surface area contributed by atoms with Crippen molar-refractivity contribution in [2.45, 2.75) is 0 Å². The van der Waals surface area contributed by atoms with Crippen LogP contribution in [0.1, 0.15) is 0 Å². The molecule has 9 aromatic heterocycles. The third-order valence-electron chi connectivity index (χ3n) is 23.4. The average molecular weight is 1550 g/mol. The van der Waals surface area contributed by atoms with Crippen LogP contribution in [0, 0.1) is 0 Å². The van der Waals surface area contributed by atoms with Crippen molar-refractivity contribution in [2.75, 3.05) is 0 Å². The highest BCUT2D eigenvalue weighted by Crippen LogP contribution is 2.45. The van der Waals surface area contributed by atoms with Gasteiger partial charge in [0.15, 0.2) is 0 Å². The van der Waals surface area contributed by atoms with Crippen LogP contribution in [0.25, 0.3) is 247 Å². The first-order valence-corrected chi connectivity index (χ1v) is 40.8. The summed E-state index contributed by atoms with van der Waals surface area (Å²) in [4.78, 5) is 29.2. The van der Waals surface area contributed by atoms with Crippen LogP contribution in [-0.4, -0.2) is 34.5 Å². The topological polar surface area (TPSA) is 135 Å². The van der Waals surface area contributed by atoms with Crippen molar-refractivity contribution >= 4 is 174 Å². The summed E-state index contributed by atoms with van der Waals surface area (Å²) in [6, 6.07) is 127. The highest BCUT2D eigenvalue weighted by Gasteiger charge is 2.22. The lowest BCUT2D eigenvalue weighted by atomic mass is 9.98. The Kier molecular flexibility index (Phi) is 15.9. The van der Waals surface area contributed by atoms with E-state index in [-0.39, 0.29) is 0 Å². The number of para-hydroxylation sites is 4. The molecule has 0 amide bonds. The molecule has 560 valence electrons. The molecule has 0 aliphatic heterocycles. The maximum absolute atomic E-state index is 6.27. The van der Waals surface area contributed by atoms with Crippen LogP contribution in [0.2, 0.25) is 0 Å². The molecule has 11 nitrogen and oxygen atoms in total. The standard InChI is InChI=1S/C38H23N3O.C38H22N2OS.C32H18N2O2/c1-2-12-28(13-3-1)41-33-16-7-6-15-30(33)31-22-26(17-19-34(31)41)25-10-8-11-27(21-25)32-23-39-37-36-29-14-5-4-9-24(29)18-20-35(36)42-38(37)40-32;1-2-10-28-24(7-1)19-20-33-35(28)36-38(41-33)40-32(22-39-36)27-9-5-8-26(21-27)23-15-17-25(18-16-23)29-12-6-13-31-30-11-3-4-14-34(30)42-37(29)31;1-2-10-22-19(7-1)15-16-28-29(22)30-32(36-28)34-26(18-33-30)21-9-5-8-20(17-21)23-12-6-13-25-24-11-3-4-14-27(24)35-31(23)25/h1-23H;1-22H;1-18H. The lowest BCUT2D eigenvalue weighted by Crippen LogP contribution is -1.92. The Labute approximate surface area is 688 Å². The highest BCUT2D eigenvalue weighted by atomic mass is 32.1. The summed E-state index contributed by atoms with van der Waals surface area (Å²) in [6.07, 6.45) is 5.54. The van der Waals surface area contributed by atoms with Gasteiger partial charge < -0.3 is 22.2 Å². The average Bonchev–Trinajstić information content (AvgIpc) is 1.60. The van der Waals surface area contributed by atoms with Crippen molar-refractivity contribution in [1.82, 2.24) is 34.5 Å². The lowest BCUT2D eigenvalue weighted by Gasteiger charge is -2.09. The van der Waals surface area contributed by atoms with E-state index in [4.69, 9.17) is 47.6 Å². The van der Waals surface area contributed by atoms with Crippen LogP contribution in [0.5, 0.6) is 0 Å². The second-order valence-electron chi connectivity index (χ2n) is 30.3. The molecule has 17 aromatic carbocycles. The number of hydrogen-bond donors (Lipinski definition) is 0. The summed E-state index contributed by atoms with van der Waals surface area (Å²) in [5, 5.41) is 17.3. The van der Waals surface area contributed by atoms with Gasteiger partial charge in [0.25, 0.3) is 0 Å². The molecule has 0 aliphatic rings. The Morgan fingerprint density at radius 2 is 0.658 bits per heavy atom. The Morgan fingerprint density at radius 3 is 1.24 bits per heavy atom. The minimum Gasteiger partial charge on any atom is -0.455 e. The zero-order valence-corrected chi connectivity index (χ0v) is 64.9. The number of fused-ring (bicyclic) bond motifs is 24. The van der Waals surface area contributed by atoms with E-state index in [1.165, 1.54) is 53.1 Å². The molecule has 0 saturated heterocycles. The predicted octanol–water partition coefficient (Wildman–Crippen LogP) is 29.6. The van der Waals surface area contributed by atoms with E-state index in [9.17, 15) is 0 Å². The summed E-state index contributed by atoms with van der Waals surface area (Å²) in [5.74, 6) is 0. The Morgan fingerprint density at radius 1 is 0.242 bits per heavy atom. The number of thiophene rings is 1. The van der Waals surface area contributed by atoms with Crippen molar-refractivity contribution in [2.24, 2.45) is 0 Å². The lowest BCUT2D eigenvalue weighted by molar-refractivity contribution is 0.653. The van der Waals surface area contributed by atoms with Crippen LogP contribution in [0.15, 0.2) is 400 Å². The van der Waals surface area contributed by atoms with E-state index in [1.807, 2.05) is 109 Å². The summed E-state index contributed by atoms with van der Waals surface area (Å²) >= 11 is 1.87. The predicted molar refractivity (Wildman–Crippen MR) is 493 cm³/mol. The minimum absolute atomic E-state index is 0.545. The van der Waals surface area contributed by atoms with Gasteiger partial charge >= 0.3 is 0 Å². The molecule has 0 bridgehead atoms. The molecule has 120 heavy (non-hydrogen) atoms. The molecule has 0 fully saturated rings. The van der Waals surface area contributed by atoms with Crippen LogP contribution in [0.4, 0.5) is 0 Å². The first-order valence-electron chi connectivity index (χ1n) is 40.0. The smallest absolute Gasteiger partial charge is 0.246 e. The van der Waals surface area contributed by atoms with E-state index in [2.05, 4.69) is 290 Å². The van der Waals surface area contributed by atoms with Gasteiger partial charge in [-0.25, -0.2) is 29.9 Å². The molecule has 26 aromatic rings. The van der Waals surface area contributed by atoms with Crippen molar-refractivity contribution in [1.29, 1.82) is 0 Å². The monoisotopic (exact) mass is 1550 g/mol. The third kappa shape index (κ3) is 11.5. The number of benzene rings is 17. The number of rotatable bonds is 8. The molecule has 12 heteroatoms. The normalized spacial score (nSPS) is 11.8. The SMILES string of the molecule is c1cc(-c2ccc(-c3cccc4c3sc3ccccc34)cc2)cc(-c2cnc3c(n2)oc2ccc4ccccc4c23)c1.c1cc(-c2cnc3c(n2)oc2ccc4ccccc4c23)cc(-c2cccc3c2oc2ccccc23)c1.c1ccc(-n2c3ccccc3c3cc(-c4cccc(-c5cnc6c(n5)oc5ccc7ccccc7c56)c4)ccc32)cc1. The Bertz CT molecular complexity index is 8650. The number of hydrogen-bond acceptors (Lipinski definition) is 11. The van der Waals surface area contributed by atoms with Gasteiger partial charge in [-0.1, -0.05) is 285 Å². The molecule has 0 aliphatic carbocycles. The first-order chi connectivity index (χ1) is 59.4. The molecule has 9 heterocycles. The van der Waals surface area contributed by atoms with Crippen LogP contribution >= 0.6 is 11.3 Å². The number of nitrogens with zero attached hydrogens (tertiary/aromatic N) is 7. The summed E-state index contributed by atoms with van der Waals surface area (Å²) in [7, 11) is 0. The van der Waals surface area contributed by atoms with E-state index in [1.54, 1.807) is 0 Å². The second kappa shape index (κ2) is 27.9. The zero-order chi connectivity index (χ0) is 78.9. The fourth-order valence-corrected chi connectivity index (χ4v) is 18.9. The molecule has 26 rings (SSSR count). The summed E-state index contributed by atoms with van der Waals surface area (Å²) < 4.78 is 29.8. The molecular weight excluding hydrogens is 1490 g/mol. The van der Waals surface area contributed by atoms with Crippen molar-refractivity contribution < 1.29 is 17.7 Å². The quantitative estimate of drug-likeness (QED) is 0.145. The van der Waals surface area contributed by atoms with Gasteiger partial charge in [-0.05, 0) is 150 Å². The largest absolute Gasteiger partial charge is 0.455 e. The van der Waals surface area contributed by atoms with Gasteiger partial charge in [-0.2, -0.15) is 0 Å². The van der Waals surface area contributed by atoms with Gasteiger partial charge in [0, 0.05) is 69.7 Å². The third-order valence-corrected chi connectivity index (χ3v) is 24.6. The fraction of sp³-hybridized carbons (Fsp3) is 0. The molecule has 0 spiro atoms. The van der Waals surface area contributed by atoms with Crippen molar-refractivity contribution in [3.05, 3.63) is 383 Å². The Hall–Kier alpha value is -16.0. The van der Waals surface area contributed by atoms with Crippen LogP contribution in [0.3, 0.4) is 0 Å². The van der Waals surface area contributed by atoms with E-state index >= 15 is 0 Å². The summed E-state index contributed by atoms with van der Waals surface area (Å²) in [6.45, 7) is 0. The number of furan rings is 4. The molecule has 0 N–H and O–H groups in total. The van der Waals surface area contributed by atoms with Gasteiger partial charge in [-0.3, -0.25) is 0 Å². The fourth-order valence-electron chi connectivity index (χ4n) is 17.7. The van der Waals surface area contributed by atoms with E-state index in [0.717, 1.165) is 177 Å². The summed E-state index contributed by atoms with van der Waals surface area (Å²) in [5.41, 5.74) is 26.3. The molecule has 0 unspecified atom stereocenters. The molecule has 0 radical (unpaired) electrons. The second-order valence-corrected chi connectivity index (χ2v) is 31.4. The Balaban J connectivity index is 0.000000103. The maximum Gasteiger partial charge on any atom is 0.246 e. The highest BCUT2D eigenvalue weighted by molar-refractivity contribution is 7.26. The first kappa shape index (κ1) is 68.4. The van der Waals surface area contributed by atoms with Crippen molar-refractivity contribution in [3.63, 3.8) is 0 Å². The van der Waals surface area contributed by atoms with Gasteiger partial charge in [-0.15, -0.1) is 11.3 Å². The molecular formula is C108H63N7O4S. The zero-order valence-electron chi connectivity index (χ0n) is 64.0. The minimum atomic E-state index is 0.545. The van der Waals surface area contributed by atoms with Crippen molar-refractivity contribution in [3.8, 4) is 84.0 Å². The van der Waals surface area contributed by atoms with Gasteiger partial charge in [0.1, 0.15) is 44.5 Å². The van der Waals surface area contributed by atoms with Crippen LogP contribution in [-0.2, 0) is 0 Å². The van der Waals surface area contributed by atoms with Crippen LogP contribution < -0.4 is 0 Å². The van der Waals surface area contributed by atoms with Gasteiger partial charge in [0.2, 0.25) is 17.1 Å². The molecule has 0 atom stereocenters. The van der Waals surface area contributed by atoms with Gasteiger partial charge in [0.05, 0.1) is 62.9 Å². The number of aromatic nitrogens is 7. The van der Waals surface area contributed by atoms with E-state index < -0.39 is 0 Å². The molecule has 0 saturated carbocycles. The van der Waals surface area contributed by atoms with E-state index in [0.29, 0.717) is 17.1 Å². The maximum atomic E-state index is 6.27.